The highest BCUT2D eigenvalue weighted by molar-refractivity contribution is 7.16. The lowest BCUT2D eigenvalue weighted by atomic mass is 10.1. The van der Waals surface area contributed by atoms with E-state index in [1.807, 2.05) is 24.0 Å². The number of piperazine rings is 1. The zero-order valence-electron chi connectivity index (χ0n) is 15.1. The Kier molecular flexibility index (Phi) is 6.62. The first-order valence-electron chi connectivity index (χ1n) is 8.25. The summed E-state index contributed by atoms with van der Waals surface area (Å²) in [5.74, 6) is 1.04. The second kappa shape index (κ2) is 8.31. The van der Waals surface area contributed by atoms with Crippen LogP contribution in [0.3, 0.4) is 0 Å². The molecule has 1 amide bonds. The minimum Gasteiger partial charge on any atom is -0.337 e. The predicted octanol–water partition coefficient (Wildman–Crippen LogP) is 2.41. The van der Waals surface area contributed by atoms with Crippen molar-refractivity contribution < 1.29 is 4.79 Å². The zero-order chi connectivity index (χ0) is 17.3. The van der Waals surface area contributed by atoms with E-state index < -0.39 is 0 Å². The van der Waals surface area contributed by atoms with E-state index in [4.69, 9.17) is 0 Å². The van der Waals surface area contributed by atoms with E-state index >= 15 is 0 Å². The van der Waals surface area contributed by atoms with Crippen molar-refractivity contribution >= 4 is 34.7 Å². The van der Waals surface area contributed by atoms with Crippen molar-refractivity contribution in [3.05, 3.63) is 34.2 Å². The van der Waals surface area contributed by atoms with Crippen LogP contribution >= 0.6 is 23.7 Å². The van der Waals surface area contributed by atoms with Crippen molar-refractivity contribution in [1.82, 2.24) is 19.8 Å². The molecule has 138 valence electrons. The summed E-state index contributed by atoms with van der Waals surface area (Å²) in [7, 11) is 2.00. The molecule has 2 N–H and O–H groups in total. The van der Waals surface area contributed by atoms with E-state index in [-0.39, 0.29) is 24.4 Å². The van der Waals surface area contributed by atoms with Gasteiger partial charge in [-0.05, 0) is 31.9 Å². The van der Waals surface area contributed by atoms with Crippen LogP contribution < -0.4 is 10.6 Å². The molecular weight excluding hydrogens is 358 g/mol. The molecule has 1 saturated heterocycles. The lowest BCUT2D eigenvalue weighted by molar-refractivity contribution is -0.118. The molecule has 0 aliphatic carbocycles. The molecule has 1 atom stereocenters. The van der Waals surface area contributed by atoms with Gasteiger partial charge in [-0.3, -0.25) is 9.69 Å². The molecule has 2 aromatic heterocycles. The summed E-state index contributed by atoms with van der Waals surface area (Å²) in [6.45, 7) is 9.19. The van der Waals surface area contributed by atoms with E-state index in [0.717, 1.165) is 30.5 Å². The third kappa shape index (κ3) is 4.23. The number of nitrogens with one attached hydrogen (secondary N) is 2. The van der Waals surface area contributed by atoms with Crippen LogP contribution in [0, 0.1) is 20.8 Å². The quantitative estimate of drug-likeness (QED) is 0.851. The molecule has 0 spiro atoms. The van der Waals surface area contributed by atoms with Gasteiger partial charge < -0.3 is 15.2 Å². The summed E-state index contributed by atoms with van der Waals surface area (Å²) in [5, 5.41) is 7.46. The zero-order valence-corrected chi connectivity index (χ0v) is 16.8. The standard InChI is InChI=1S/C17H25N5OS.ClH/c1-11-12(2)17(24-13(11)3)20-15(23)10-22-8-5-18-9-14(22)16-19-6-7-21(16)4;/h6-7,14,18H,5,8-10H2,1-4H3,(H,20,23);1H. The minimum absolute atomic E-state index is 0. The molecule has 1 fully saturated rings. The summed E-state index contributed by atoms with van der Waals surface area (Å²) in [4.78, 5) is 20.5. The number of carbonyl (C=O) groups is 1. The molecule has 8 heteroatoms. The summed E-state index contributed by atoms with van der Waals surface area (Å²) < 4.78 is 2.03. The Labute approximate surface area is 159 Å². The molecule has 3 heterocycles. The van der Waals surface area contributed by atoms with E-state index in [0.29, 0.717) is 6.54 Å². The maximum absolute atomic E-state index is 12.6. The van der Waals surface area contributed by atoms with Crippen LogP contribution in [-0.2, 0) is 11.8 Å². The molecule has 0 bridgehead atoms. The van der Waals surface area contributed by atoms with Crippen LogP contribution in [0.5, 0.6) is 0 Å². The van der Waals surface area contributed by atoms with E-state index in [1.165, 1.54) is 16.0 Å². The number of rotatable bonds is 4. The second-order valence-electron chi connectivity index (χ2n) is 6.37. The van der Waals surface area contributed by atoms with Gasteiger partial charge in [0.15, 0.2) is 0 Å². The van der Waals surface area contributed by atoms with Crippen molar-refractivity contribution in [3.8, 4) is 0 Å². The van der Waals surface area contributed by atoms with Gasteiger partial charge in [0.25, 0.3) is 0 Å². The number of aryl methyl sites for hydroxylation is 2. The van der Waals surface area contributed by atoms with Gasteiger partial charge >= 0.3 is 0 Å². The van der Waals surface area contributed by atoms with E-state index in [9.17, 15) is 4.79 Å². The van der Waals surface area contributed by atoms with Gasteiger partial charge in [0.1, 0.15) is 5.82 Å². The Hall–Kier alpha value is -1.41. The van der Waals surface area contributed by atoms with Crippen molar-refractivity contribution in [1.29, 1.82) is 0 Å². The average Bonchev–Trinajstić information content (AvgIpc) is 3.07. The van der Waals surface area contributed by atoms with Crippen LogP contribution in [0.25, 0.3) is 0 Å². The Morgan fingerprint density at radius 3 is 2.76 bits per heavy atom. The third-order valence-electron chi connectivity index (χ3n) is 4.80. The van der Waals surface area contributed by atoms with Gasteiger partial charge in [-0.15, -0.1) is 23.7 Å². The average molecular weight is 384 g/mol. The highest BCUT2D eigenvalue weighted by Gasteiger charge is 2.28. The summed E-state index contributed by atoms with van der Waals surface area (Å²) in [6, 6.07) is 0.123. The molecule has 0 aromatic carbocycles. The van der Waals surface area contributed by atoms with Gasteiger partial charge in [-0.1, -0.05) is 0 Å². The molecule has 0 radical (unpaired) electrons. The molecule has 3 rings (SSSR count). The van der Waals surface area contributed by atoms with Gasteiger partial charge in [0, 0.05) is 44.0 Å². The normalized spacial score (nSPS) is 18.0. The first-order chi connectivity index (χ1) is 11.5. The van der Waals surface area contributed by atoms with Crippen LogP contribution in [0.4, 0.5) is 5.00 Å². The predicted molar refractivity (Wildman–Crippen MR) is 105 cm³/mol. The highest BCUT2D eigenvalue weighted by atomic mass is 35.5. The summed E-state index contributed by atoms with van der Waals surface area (Å²) >= 11 is 1.65. The Morgan fingerprint density at radius 1 is 1.40 bits per heavy atom. The van der Waals surface area contributed by atoms with Gasteiger partial charge in [-0.2, -0.15) is 0 Å². The van der Waals surface area contributed by atoms with Crippen LogP contribution in [0.1, 0.15) is 27.9 Å². The topological polar surface area (TPSA) is 62.2 Å². The van der Waals surface area contributed by atoms with Crippen molar-refractivity contribution in [3.63, 3.8) is 0 Å². The number of halogens is 1. The number of hydrogen-bond acceptors (Lipinski definition) is 5. The fourth-order valence-corrected chi connectivity index (χ4v) is 4.18. The molecule has 1 aliphatic rings. The molecule has 2 aromatic rings. The smallest absolute Gasteiger partial charge is 0.239 e. The third-order valence-corrected chi connectivity index (χ3v) is 6.02. The summed E-state index contributed by atoms with van der Waals surface area (Å²) in [5.41, 5.74) is 2.44. The maximum atomic E-state index is 12.6. The number of imidazole rings is 1. The number of anilines is 1. The SMILES string of the molecule is Cc1sc(NC(=O)CN2CCNCC2c2nccn2C)c(C)c1C.Cl. The fraction of sp³-hybridized carbons (Fsp3) is 0.529. The minimum atomic E-state index is 0. The van der Waals surface area contributed by atoms with Crippen LogP contribution in [0.2, 0.25) is 0 Å². The highest BCUT2D eigenvalue weighted by Crippen LogP contribution is 2.31. The fourth-order valence-electron chi connectivity index (χ4n) is 3.10. The first-order valence-corrected chi connectivity index (χ1v) is 9.07. The second-order valence-corrected chi connectivity index (χ2v) is 7.60. The van der Waals surface area contributed by atoms with Crippen LogP contribution in [-0.4, -0.2) is 46.5 Å². The molecule has 25 heavy (non-hydrogen) atoms. The first kappa shape index (κ1) is 19.9. The monoisotopic (exact) mass is 383 g/mol. The van der Waals surface area contributed by atoms with Crippen LogP contribution in [0.15, 0.2) is 12.4 Å². The molecular formula is C17H26ClN5OS. The number of nitrogens with zero attached hydrogens (tertiary/aromatic N) is 3. The molecule has 6 nitrogen and oxygen atoms in total. The van der Waals surface area contributed by atoms with Crippen molar-refractivity contribution in [2.24, 2.45) is 7.05 Å². The lowest BCUT2D eigenvalue weighted by Gasteiger charge is -2.35. The van der Waals surface area contributed by atoms with E-state index in [1.54, 1.807) is 11.3 Å². The number of aromatic nitrogens is 2. The number of carbonyl (C=O) groups excluding carboxylic acids is 1. The van der Waals surface area contributed by atoms with Gasteiger partial charge in [-0.25, -0.2) is 4.98 Å². The van der Waals surface area contributed by atoms with Crippen molar-refractivity contribution in [2.75, 3.05) is 31.5 Å². The lowest BCUT2D eigenvalue weighted by Crippen LogP contribution is -2.49. The maximum Gasteiger partial charge on any atom is 0.239 e. The van der Waals surface area contributed by atoms with Gasteiger partial charge in [0.2, 0.25) is 5.91 Å². The number of thiophene rings is 1. The Balaban J connectivity index is 0.00000225. The molecule has 1 aliphatic heterocycles. The number of hydrogen-bond donors (Lipinski definition) is 2. The summed E-state index contributed by atoms with van der Waals surface area (Å²) in [6.07, 6.45) is 3.76. The Bertz CT molecular complexity index is 741. The van der Waals surface area contributed by atoms with Crippen molar-refractivity contribution in [2.45, 2.75) is 26.8 Å². The number of amides is 1. The van der Waals surface area contributed by atoms with Gasteiger partial charge in [0.05, 0.1) is 17.6 Å². The molecule has 1 unspecified atom stereocenters. The van der Waals surface area contributed by atoms with E-state index in [2.05, 4.69) is 41.3 Å². The Morgan fingerprint density at radius 2 is 2.16 bits per heavy atom. The molecule has 0 saturated carbocycles. The largest absolute Gasteiger partial charge is 0.337 e.